The van der Waals surface area contributed by atoms with Gasteiger partial charge in [0, 0.05) is 35.5 Å². The molecule has 148 valence electrons. The SMILES string of the molecule is CN(C)CCN(Cc1nccn1Cc1ccc(Cl)cc1Cl)C(=O)c1cccs1. The standard InChI is InChI=1S/C20H22Cl2N4OS/c1-24(2)9-10-26(20(27)18-4-3-11-28-18)14-19-23-7-8-25(19)13-15-5-6-16(21)12-17(15)22/h3-8,11-12H,9-10,13-14H2,1-2H3. The van der Waals surface area contributed by atoms with Gasteiger partial charge in [0.1, 0.15) is 5.82 Å². The van der Waals surface area contributed by atoms with Crippen LogP contribution in [0.5, 0.6) is 0 Å². The smallest absolute Gasteiger partial charge is 0.264 e. The van der Waals surface area contributed by atoms with Gasteiger partial charge in [-0.15, -0.1) is 11.3 Å². The predicted molar refractivity (Wildman–Crippen MR) is 115 cm³/mol. The number of thiophene rings is 1. The molecular weight excluding hydrogens is 415 g/mol. The minimum absolute atomic E-state index is 0.0240. The second-order valence-electron chi connectivity index (χ2n) is 6.71. The summed E-state index contributed by atoms with van der Waals surface area (Å²) in [4.78, 5) is 22.1. The molecule has 0 atom stereocenters. The third-order valence-corrected chi connectivity index (χ3v) is 5.77. The van der Waals surface area contributed by atoms with Crippen LogP contribution in [-0.4, -0.2) is 52.4 Å². The van der Waals surface area contributed by atoms with Crippen LogP contribution in [0.25, 0.3) is 0 Å². The number of nitrogens with zero attached hydrogens (tertiary/aromatic N) is 4. The minimum atomic E-state index is 0.0240. The normalized spacial score (nSPS) is 11.2. The highest BCUT2D eigenvalue weighted by Gasteiger charge is 2.19. The van der Waals surface area contributed by atoms with Crippen molar-refractivity contribution >= 4 is 40.4 Å². The molecule has 0 bridgehead atoms. The van der Waals surface area contributed by atoms with Crippen molar-refractivity contribution in [3.8, 4) is 0 Å². The number of hydrogen-bond donors (Lipinski definition) is 0. The Morgan fingerprint density at radius 3 is 2.71 bits per heavy atom. The average Bonchev–Trinajstić information content (AvgIpc) is 3.32. The highest BCUT2D eigenvalue weighted by molar-refractivity contribution is 7.12. The first-order valence-electron chi connectivity index (χ1n) is 8.85. The van der Waals surface area contributed by atoms with Crippen LogP contribution >= 0.6 is 34.5 Å². The number of carbonyl (C=O) groups excluding carboxylic acids is 1. The largest absolute Gasteiger partial charge is 0.329 e. The van der Waals surface area contributed by atoms with Crippen molar-refractivity contribution in [3.63, 3.8) is 0 Å². The average molecular weight is 437 g/mol. The Hall–Kier alpha value is -1.86. The summed E-state index contributed by atoms with van der Waals surface area (Å²) in [6.07, 6.45) is 3.65. The van der Waals surface area contributed by atoms with E-state index in [-0.39, 0.29) is 5.91 Å². The Balaban J connectivity index is 1.79. The molecule has 28 heavy (non-hydrogen) atoms. The molecular formula is C20H22Cl2N4OS. The fourth-order valence-electron chi connectivity index (χ4n) is 2.77. The first-order chi connectivity index (χ1) is 13.4. The summed E-state index contributed by atoms with van der Waals surface area (Å²) >= 11 is 13.8. The van der Waals surface area contributed by atoms with Gasteiger partial charge < -0.3 is 14.4 Å². The Labute approximate surface area is 179 Å². The molecule has 2 heterocycles. The summed E-state index contributed by atoms with van der Waals surface area (Å²) in [6.45, 7) is 2.40. The fourth-order valence-corrected chi connectivity index (χ4v) is 3.93. The topological polar surface area (TPSA) is 41.4 Å². The molecule has 0 radical (unpaired) electrons. The Bertz CT molecular complexity index is 924. The summed E-state index contributed by atoms with van der Waals surface area (Å²) in [5.74, 6) is 0.839. The molecule has 0 saturated heterocycles. The van der Waals surface area contributed by atoms with E-state index in [9.17, 15) is 4.79 Å². The van der Waals surface area contributed by atoms with Crippen LogP contribution < -0.4 is 0 Å². The Kier molecular flexibility index (Phi) is 7.13. The van der Waals surface area contributed by atoms with Crippen molar-refractivity contribution in [3.05, 3.63) is 74.4 Å². The van der Waals surface area contributed by atoms with Gasteiger partial charge in [0.05, 0.1) is 18.0 Å². The summed E-state index contributed by atoms with van der Waals surface area (Å²) in [6, 6.07) is 9.22. The van der Waals surface area contributed by atoms with E-state index in [1.165, 1.54) is 11.3 Å². The lowest BCUT2D eigenvalue weighted by molar-refractivity contribution is 0.0730. The van der Waals surface area contributed by atoms with Crippen LogP contribution in [0.2, 0.25) is 10.0 Å². The van der Waals surface area contributed by atoms with Crippen LogP contribution in [0.15, 0.2) is 48.1 Å². The molecule has 1 aromatic carbocycles. The summed E-state index contributed by atoms with van der Waals surface area (Å²) < 4.78 is 2.01. The summed E-state index contributed by atoms with van der Waals surface area (Å²) in [5.41, 5.74) is 0.953. The second-order valence-corrected chi connectivity index (χ2v) is 8.51. The monoisotopic (exact) mass is 436 g/mol. The quantitative estimate of drug-likeness (QED) is 0.521. The highest BCUT2D eigenvalue weighted by Crippen LogP contribution is 2.22. The van der Waals surface area contributed by atoms with Crippen molar-refractivity contribution in [2.45, 2.75) is 13.1 Å². The maximum atomic E-state index is 13.0. The molecule has 1 amide bonds. The number of benzene rings is 1. The first kappa shape index (κ1) is 20.9. The van der Waals surface area contributed by atoms with Crippen molar-refractivity contribution in [2.24, 2.45) is 0 Å². The molecule has 0 fully saturated rings. The van der Waals surface area contributed by atoms with Crippen molar-refractivity contribution < 1.29 is 4.79 Å². The molecule has 8 heteroatoms. The van der Waals surface area contributed by atoms with Gasteiger partial charge in [0.2, 0.25) is 0 Å². The van der Waals surface area contributed by atoms with Crippen LogP contribution in [0.3, 0.4) is 0 Å². The molecule has 0 aliphatic heterocycles. The van der Waals surface area contributed by atoms with E-state index < -0.39 is 0 Å². The zero-order valence-electron chi connectivity index (χ0n) is 15.8. The van der Waals surface area contributed by atoms with E-state index in [0.29, 0.717) is 29.7 Å². The molecule has 0 aliphatic carbocycles. The lowest BCUT2D eigenvalue weighted by Gasteiger charge is -2.24. The fraction of sp³-hybridized carbons (Fsp3) is 0.300. The number of carbonyl (C=O) groups is 1. The molecule has 2 aromatic heterocycles. The number of aromatic nitrogens is 2. The third-order valence-electron chi connectivity index (χ3n) is 4.33. The van der Waals surface area contributed by atoms with E-state index in [1.807, 2.05) is 59.4 Å². The zero-order valence-corrected chi connectivity index (χ0v) is 18.1. The molecule has 0 spiro atoms. The van der Waals surface area contributed by atoms with Crippen molar-refractivity contribution in [1.82, 2.24) is 19.4 Å². The number of halogens is 2. The highest BCUT2D eigenvalue weighted by atomic mass is 35.5. The van der Waals surface area contributed by atoms with Gasteiger partial charge in [0.15, 0.2) is 0 Å². The van der Waals surface area contributed by atoms with Gasteiger partial charge >= 0.3 is 0 Å². The van der Waals surface area contributed by atoms with Crippen molar-refractivity contribution in [1.29, 1.82) is 0 Å². The first-order valence-corrected chi connectivity index (χ1v) is 10.5. The van der Waals surface area contributed by atoms with E-state index >= 15 is 0 Å². The second kappa shape index (κ2) is 9.56. The van der Waals surface area contributed by atoms with Gasteiger partial charge in [-0.05, 0) is 43.2 Å². The zero-order chi connectivity index (χ0) is 20.1. The van der Waals surface area contributed by atoms with Crippen molar-refractivity contribution in [2.75, 3.05) is 27.2 Å². The van der Waals surface area contributed by atoms with Gasteiger partial charge in [-0.2, -0.15) is 0 Å². The minimum Gasteiger partial charge on any atom is -0.329 e. The molecule has 3 rings (SSSR count). The lowest BCUT2D eigenvalue weighted by Crippen LogP contribution is -2.36. The van der Waals surface area contributed by atoms with E-state index in [2.05, 4.69) is 9.88 Å². The third kappa shape index (κ3) is 5.35. The maximum Gasteiger partial charge on any atom is 0.264 e. The van der Waals surface area contributed by atoms with E-state index in [1.54, 1.807) is 12.3 Å². The Morgan fingerprint density at radius 1 is 1.21 bits per heavy atom. The molecule has 5 nitrogen and oxygen atoms in total. The van der Waals surface area contributed by atoms with Crippen LogP contribution in [0, 0.1) is 0 Å². The number of rotatable bonds is 8. The van der Waals surface area contributed by atoms with Gasteiger partial charge in [0.25, 0.3) is 5.91 Å². The molecule has 0 unspecified atom stereocenters. The number of hydrogen-bond acceptors (Lipinski definition) is 4. The van der Waals surface area contributed by atoms with Crippen LogP contribution in [0.1, 0.15) is 21.1 Å². The molecule has 0 N–H and O–H groups in total. The number of amides is 1. The van der Waals surface area contributed by atoms with Gasteiger partial charge in [-0.25, -0.2) is 4.98 Å². The molecule has 0 aliphatic rings. The summed E-state index contributed by atoms with van der Waals surface area (Å²) in [5, 5.41) is 3.14. The van der Waals surface area contributed by atoms with Crippen LogP contribution in [-0.2, 0) is 13.1 Å². The summed E-state index contributed by atoms with van der Waals surface area (Å²) in [7, 11) is 3.99. The predicted octanol–water partition coefficient (Wildman–Crippen LogP) is 4.50. The maximum absolute atomic E-state index is 13.0. The van der Waals surface area contributed by atoms with Gasteiger partial charge in [-0.3, -0.25) is 4.79 Å². The van der Waals surface area contributed by atoms with E-state index in [4.69, 9.17) is 23.2 Å². The van der Waals surface area contributed by atoms with E-state index in [0.717, 1.165) is 22.8 Å². The lowest BCUT2D eigenvalue weighted by atomic mass is 10.2. The number of imidazole rings is 1. The van der Waals surface area contributed by atoms with Gasteiger partial charge in [-0.1, -0.05) is 35.3 Å². The molecule has 3 aromatic rings. The Morgan fingerprint density at radius 2 is 2.04 bits per heavy atom. The van der Waals surface area contributed by atoms with Crippen LogP contribution in [0.4, 0.5) is 0 Å². The molecule has 0 saturated carbocycles. The number of likely N-dealkylation sites (N-methyl/N-ethyl adjacent to an activating group) is 1.